The van der Waals surface area contributed by atoms with E-state index in [0.29, 0.717) is 5.69 Å². The van der Waals surface area contributed by atoms with Crippen LogP contribution in [0, 0.1) is 6.92 Å². The molecule has 39 heavy (non-hydrogen) atoms. The molecule has 4 rings (SSSR count). The van der Waals surface area contributed by atoms with E-state index in [1.807, 2.05) is 0 Å². The summed E-state index contributed by atoms with van der Waals surface area (Å²) in [6, 6.07) is 4.69. The first-order valence-corrected chi connectivity index (χ1v) is 12.3. The Labute approximate surface area is 219 Å². The van der Waals surface area contributed by atoms with Crippen molar-refractivity contribution in [3.63, 3.8) is 0 Å². The standard InChI is InChI=1S/C26H27F6N5O2/c1-4-20(17-9-18-21(10-19(17)25(27,28)29)34-14(3)35-23(18)38)36-16-7-5-15(6-8-16)24(39)37-12-22(26(30,31)32)33-11-13(37)2/h5-10,13,20,22,33,36H,4,11-12H2,1-3H3,(H,34,35,38)/t13-,20+,22-/m1/s1. The summed E-state index contributed by atoms with van der Waals surface area (Å²) in [4.78, 5) is 33.1. The van der Waals surface area contributed by atoms with Crippen LogP contribution < -0.4 is 16.2 Å². The van der Waals surface area contributed by atoms with Gasteiger partial charge < -0.3 is 20.5 Å². The summed E-state index contributed by atoms with van der Waals surface area (Å²) in [5.74, 6) is -0.384. The predicted octanol–water partition coefficient (Wildman–Crippen LogP) is 5.18. The number of nitrogens with one attached hydrogen (secondary N) is 3. The van der Waals surface area contributed by atoms with Crippen molar-refractivity contribution in [3.05, 3.63) is 69.3 Å². The second-order valence-electron chi connectivity index (χ2n) is 9.60. The number of benzene rings is 2. The summed E-state index contributed by atoms with van der Waals surface area (Å²) in [5, 5.41) is 5.43. The maximum absolute atomic E-state index is 14.0. The van der Waals surface area contributed by atoms with Gasteiger partial charge in [-0.3, -0.25) is 9.59 Å². The number of aromatic nitrogens is 2. The number of aryl methyl sites for hydroxylation is 1. The van der Waals surface area contributed by atoms with Gasteiger partial charge in [0.15, 0.2) is 0 Å². The molecule has 13 heteroatoms. The van der Waals surface area contributed by atoms with E-state index in [4.69, 9.17) is 0 Å². The molecule has 210 valence electrons. The van der Waals surface area contributed by atoms with Crippen molar-refractivity contribution in [1.82, 2.24) is 20.2 Å². The number of carbonyl (C=O) groups is 1. The van der Waals surface area contributed by atoms with E-state index in [1.165, 1.54) is 37.3 Å². The summed E-state index contributed by atoms with van der Waals surface area (Å²) in [7, 11) is 0. The Hall–Kier alpha value is -3.61. The number of amides is 1. The Morgan fingerprint density at radius 3 is 2.41 bits per heavy atom. The normalized spacial score (nSPS) is 19.3. The van der Waals surface area contributed by atoms with Gasteiger partial charge in [0.25, 0.3) is 11.5 Å². The Kier molecular flexibility index (Phi) is 7.66. The molecule has 1 aliphatic heterocycles. The number of carbonyl (C=O) groups excluding carboxylic acids is 1. The Bertz CT molecular complexity index is 1420. The van der Waals surface area contributed by atoms with Gasteiger partial charge in [-0.15, -0.1) is 0 Å². The molecule has 0 spiro atoms. The van der Waals surface area contributed by atoms with E-state index >= 15 is 0 Å². The third-order valence-corrected chi connectivity index (χ3v) is 6.78. The monoisotopic (exact) mass is 555 g/mol. The molecule has 2 heterocycles. The largest absolute Gasteiger partial charge is 0.416 e. The lowest BCUT2D eigenvalue weighted by atomic mass is 9.95. The third kappa shape index (κ3) is 6.02. The number of hydrogen-bond donors (Lipinski definition) is 3. The minimum Gasteiger partial charge on any atom is -0.378 e. The van der Waals surface area contributed by atoms with Gasteiger partial charge >= 0.3 is 12.4 Å². The van der Waals surface area contributed by atoms with E-state index in [2.05, 4.69) is 20.6 Å². The second-order valence-corrected chi connectivity index (χ2v) is 9.60. The number of alkyl halides is 6. The molecule has 7 nitrogen and oxygen atoms in total. The van der Waals surface area contributed by atoms with Gasteiger partial charge in [-0.25, -0.2) is 4.98 Å². The van der Waals surface area contributed by atoms with Crippen LogP contribution >= 0.6 is 0 Å². The Morgan fingerprint density at radius 1 is 1.15 bits per heavy atom. The van der Waals surface area contributed by atoms with Crippen molar-refractivity contribution in [2.75, 3.05) is 18.4 Å². The van der Waals surface area contributed by atoms with E-state index in [-0.39, 0.29) is 40.8 Å². The highest BCUT2D eigenvalue weighted by molar-refractivity contribution is 5.95. The molecule has 0 aliphatic carbocycles. The van der Waals surface area contributed by atoms with Gasteiger partial charge in [0.2, 0.25) is 0 Å². The fraction of sp³-hybridized carbons (Fsp3) is 0.423. The van der Waals surface area contributed by atoms with E-state index in [9.17, 15) is 35.9 Å². The maximum Gasteiger partial charge on any atom is 0.416 e. The minimum atomic E-state index is -4.71. The highest BCUT2D eigenvalue weighted by Gasteiger charge is 2.44. The number of rotatable bonds is 5. The lowest BCUT2D eigenvalue weighted by Crippen LogP contribution is -2.61. The highest BCUT2D eigenvalue weighted by Crippen LogP contribution is 2.38. The summed E-state index contributed by atoms with van der Waals surface area (Å²) < 4.78 is 81.6. The molecular weight excluding hydrogens is 528 g/mol. The molecular formula is C26H27F6N5O2. The molecule has 1 saturated heterocycles. The van der Waals surface area contributed by atoms with Crippen LogP contribution in [0.2, 0.25) is 0 Å². The van der Waals surface area contributed by atoms with Crippen molar-refractivity contribution < 1.29 is 31.1 Å². The molecule has 0 unspecified atom stereocenters. The average molecular weight is 556 g/mol. The van der Waals surface area contributed by atoms with Crippen LogP contribution in [0.4, 0.5) is 32.0 Å². The topological polar surface area (TPSA) is 90.1 Å². The van der Waals surface area contributed by atoms with Crippen molar-refractivity contribution in [2.45, 2.75) is 57.7 Å². The highest BCUT2D eigenvalue weighted by atomic mass is 19.4. The number of aromatic amines is 1. The van der Waals surface area contributed by atoms with Crippen LogP contribution in [-0.4, -0.2) is 52.1 Å². The summed E-state index contributed by atoms with van der Waals surface area (Å²) in [6.07, 6.45) is -8.98. The van der Waals surface area contributed by atoms with E-state index < -0.39 is 54.1 Å². The molecule has 0 radical (unpaired) electrons. The molecule has 0 saturated carbocycles. The number of piperazine rings is 1. The van der Waals surface area contributed by atoms with Gasteiger partial charge in [0.05, 0.1) is 22.5 Å². The third-order valence-electron chi connectivity index (χ3n) is 6.78. The SMILES string of the molecule is CC[C@H](Nc1ccc(C(=O)N2C[C@H](C(F)(F)F)NC[C@H]2C)cc1)c1cc2c(=O)[nH]c(C)nc2cc1C(F)(F)F. The van der Waals surface area contributed by atoms with E-state index in [1.54, 1.807) is 13.8 Å². The fourth-order valence-electron chi connectivity index (χ4n) is 4.70. The lowest BCUT2D eigenvalue weighted by molar-refractivity contribution is -0.164. The number of fused-ring (bicyclic) bond motifs is 1. The van der Waals surface area contributed by atoms with Gasteiger partial charge in [-0.05, 0) is 62.2 Å². The first-order chi connectivity index (χ1) is 18.2. The van der Waals surface area contributed by atoms with Crippen LogP contribution in [0.5, 0.6) is 0 Å². The summed E-state index contributed by atoms with van der Waals surface area (Å²) in [5.41, 5.74) is -1.14. The van der Waals surface area contributed by atoms with Crippen LogP contribution in [0.15, 0.2) is 41.2 Å². The van der Waals surface area contributed by atoms with Crippen LogP contribution in [0.25, 0.3) is 10.9 Å². The number of halogens is 6. The van der Waals surface area contributed by atoms with Crippen molar-refractivity contribution in [3.8, 4) is 0 Å². The van der Waals surface area contributed by atoms with Gasteiger partial charge in [0, 0.05) is 30.4 Å². The first kappa shape index (κ1) is 28.4. The number of hydrogen-bond acceptors (Lipinski definition) is 5. The number of nitrogens with zero attached hydrogens (tertiary/aromatic N) is 2. The number of H-pyrrole nitrogens is 1. The molecule has 1 aliphatic rings. The summed E-state index contributed by atoms with van der Waals surface area (Å²) >= 11 is 0. The minimum absolute atomic E-state index is 0.0149. The molecule has 0 bridgehead atoms. The smallest absolute Gasteiger partial charge is 0.378 e. The van der Waals surface area contributed by atoms with Crippen molar-refractivity contribution >= 4 is 22.5 Å². The Balaban J connectivity index is 1.60. The second kappa shape index (κ2) is 10.5. The van der Waals surface area contributed by atoms with Gasteiger partial charge in [0.1, 0.15) is 11.9 Å². The fourth-order valence-corrected chi connectivity index (χ4v) is 4.70. The molecule has 2 aromatic carbocycles. The maximum atomic E-state index is 14.0. The summed E-state index contributed by atoms with van der Waals surface area (Å²) in [6.45, 7) is 4.25. The zero-order chi connectivity index (χ0) is 28.7. The quantitative estimate of drug-likeness (QED) is 0.378. The Morgan fingerprint density at radius 2 is 1.82 bits per heavy atom. The predicted molar refractivity (Wildman–Crippen MR) is 134 cm³/mol. The first-order valence-electron chi connectivity index (χ1n) is 12.3. The zero-order valence-electron chi connectivity index (χ0n) is 21.3. The molecule has 1 amide bonds. The van der Waals surface area contributed by atoms with Gasteiger partial charge in [-0.2, -0.15) is 26.3 Å². The molecule has 3 N–H and O–H groups in total. The lowest BCUT2D eigenvalue weighted by Gasteiger charge is -2.39. The zero-order valence-corrected chi connectivity index (χ0v) is 21.3. The van der Waals surface area contributed by atoms with Crippen LogP contribution in [-0.2, 0) is 6.18 Å². The van der Waals surface area contributed by atoms with Gasteiger partial charge in [-0.1, -0.05) is 6.92 Å². The average Bonchev–Trinajstić information content (AvgIpc) is 2.85. The molecule has 1 aromatic heterocycles. The molecule has 3 aromatic rings. The van der Waals surface area contributed by atoms with Crippen molar-refractivity contribution in [1.29, 1.82) is 0 Å². The number of anilines is 1. The van der Waals surface area contributed by atoms with Crippen molar-refractivity contribution in [2.24, 2.45) is 0 Å². The van der Waals surface area contributed by atoms with E-state index in [0.717, 1.165) is 11.0 Å². The molecule has 1 fully saturated rings. The van der Waals surface area contributed by atoms with Crippen LogP contribution in [0.3, 0.4) is 0 Å². The van der Waals surface area contributed by atoms with Crippen LogP contribution in [0.1, 0.15) is 53.6 Å². The molecule has 3 atom stereocenters.